The second-order valence-electron chi connectivity index (χ2n) is 3.89. The molecule has 7 nitrogen and oxygen atoms in total. The Morgan fingerprint density at radius 2 is 1.95 bits per heavy atom. The van der Waals surface area contributed by atoms with E-state index in [2.05, 4.69) is 15.6 Å². The van der Waals surface area contributed by atoms with Crippen LogP contribution in [0, 0.1) is 10.1 Å². The number of carbonyl (C=O) groups excluding carboxylic acids is 1. The van der Waals surface area contributed by atoms with E-state index in [4.69, 9.17) is 0 Å². The Morgan fingerprint density at radius 1 is 1.20 bits per heavy atom. The second kappa shape index (κ2) is 6.28. The van der Waals surface area contributed by atoms with Crippen LogP contribution in [0.4, 0.5) is 17.2 Å². The normalized spacial score (nSPS) is 9.80. The molecule has 0 unspecified atom stereocenters. The molecule has 0 aliphatic carbocycles. The topological polar surface area (TPSA) is 97.2 Å². The van der Waals surface area contributed by atoms with Gasteiger partial charge in [-0.15, -0.1) is 0 Å². The Kier molecular flexibility index (Phi) is 4.23. The van der Waals surface area contributed by atoms with Gasteiger partial charge in [0.05, 0.1) is 11.5 Å². The molecule has 0 atom stereocenters. The Hall–Kier alpha value is -2.96. The van der Waals surface area contributed by atoms with Crippen LogP contribution in [0.5, 0.6) is 0 Å². The lowest BCUT2D eigenvalue weighted by atomic mass is 10.2. The van der Waals surface area contributed by atoms with Gasteiger partial charge in [0, 0.05) is 12.3 Å². The molecule has 1 heterocycles. The largest absolute Gasteiger partial charge is 0.371 e. The minimum atomic E-state index is -0.501. The van der Waals surface area contributed by atoms with Gasteiger partial charge in [-0.2, -0.15) is 0 Å². The van der Waals surface area contributed by atoms with Gasteiger partial charge in [0.15, 0.2) is 0 Å². The highest BCUT2D eigenvalue weighted by molar-refractivity contribution is 5.93. The molecule has 102 valence electrons. The highest BCUT2D eigenvalue weighted by Crippen LogP contribution is 2.22. The number of nitrogens with zero attached hydrogens (tertiary/aromatic N) is 2. The molecule has 0 fully saturated rings. The van der Waals surface area contributed by atoms with Crippen LogP contribution in [-0.4, -0.2) is 22.4 Å². The first-order valence-corrected chi connectivity index (χ1v) is 5.85. The molecule has 0 saturated carbocycles. The van der Waals surface area contributed by atoms with Crippen LogP contribution < -0.4 is 10.6 Å². The monoisotopic (exact) mass is 272 g/mol. The van der Waals surface area contributed by atoms with E-state index in [1.807, 2.05) is 0 Å². The Morgan fingerprint density at radius 3 is 2.65 bits per heavy atom. The Labute approximate surface area is 114 Å². The van der Waals surface area contributed by atoms with Gasteiger partial charge < -0.3 is 10.6 Å². The summed E-state index contributed by atoms with van der Waals surface area (Å²) < 4.78 is 0. The number of benzene rings is 1. The van der Waals surface area contributed by atoms with Gasteiger partial charge in [-0.3, -0.25) is 14.9 Å². The molecule has 0 aliphatic rings. The maximum absolute atomic E-state index is 11.7. The third-order valence-corrected chi connectivity index (χ3v) is 2.47. The number of rotatable bonds is 5. The number of para-hydroxylation sites is 2. The van der Waals surface area contributed by atoms with E-state index in [9.17, 15) is 14.9 Å². The molecule has 2 rings (SSSR count). The Balaban J connectivity index is 1.96. The van der Waals surface area contributed by atoms with Crippen molar-refractivity contribution in [1.29, 1.82) is 0 Å². The van der Waals surface area contributed by atoms with Gasteiger partial charge in [0.1, 0.15) is 11.5 Å². The van der Waals surface area contributed by atoms with Crippen molar-refractivity contribution in [3.63, 3.8) is 0 Å². The third kappa shape index (κ3) is 3.52. The summed E-state index contributed by atoms with van der Waals surface area (Å²) in [6, 6.07) is 11.3. The highest BCUT2D eigenvalue weighted by Gasteiger charge is 2.12. The summed E-state index contributed by atoms with van der Waals surface area (Å²) in [4.78, 5) is 25.9. The van der Waals surface area contributed by atoms with Crippen LogP contribution in [-0.2, 0) is 4.79 Å². The number of nitro benzene ring substituents is 1. The fourth-order valence-electron chi connectivity index (χ4n) is 1.58. The SMILES string of the molecule is O=C(CNc1ccccc1[N+](=O)[O-])Nc1ccccn1. The second-order valence-corrected chi connectivity index (χ2v) is 3.89. The van der Waals surface area contributed by atoms with Crippen LogP contribution in [0.3, 0.4) is 0 Å². The molecule has 0 radical (unpaired) electrons. The lowest BCUT2D eigenvalue weighted by molar-refractivity contribution is -0.383. The van der Waals surface area contributed by atoms with Crippen LogP contribution in [0.1, 0.15) is 0 Å². The zero-order valence-electron chi connectivity index (χ0n) is 10.4. The first-order chi connectivity index (χ1) is 9.66. The first kappa shape index (κ1) is 13.5. The fourth-order valence-corrected chi connectivity index (χ4v) is 1.58. The number of hydrogen-bond acceptors (Lipinski definition) is 5. The third-order valence-electron chi connectivity index (χ3n) is 2.47. The van der Waals surface area contributed by atoms with Crippen LogP contribution >= 0.6 is 0 Å². The number of aromatic nitrogens is 1. The maximum Gasteiger partial charge on any atom is 0.292 e. The molecule has 7 heteroatoms. The molecule has 1 aromatic carbocycles. The van der Waals surface area contributed by atoms with E-state index in [0.717, 1.165) is 0 Å². The average Bonchev–Trinajstić information content (AvgIpc) is 2.46. The summed E-state index contributed by atoms with van der Waals surface area (Å²) in [6.45, 7) is -0.0819. The number of nitrogens with one attached hydrogen (secondary N) is 2. The first-order valence-electron chi connectivity index (χ1n) is 5.85. The molecule has 1 amide bonds. The molecular weight excluding hydrogens is 260 g/mol. The number of pyridine rings is 1. The van der Waals surface area contributed by atoms with E-state index < -0.39 is 4.92 Å². The highest BCUT2D eigenvalue weighted by atomic mass is 16.6. The summed E-state index contributed by atoms with van der Waals surface area (Å²) >= 11 is 0. The van der Waals surface area contributed by atoms with Gasteiger partial charge in [-0.25, -0.2) is 4.98 Å². The summed E-state index contributed by atoms with van der Waals surface area (Å²) in [5.41, 5.74) is 0.229. The van der Waals surface area contributed by atoms with E-state index >= 15 is 0 Å². The van der Waals surface area contributed by atoms with Crippen LogP contribution in [0.25, 0.3) is 0 Å². The molecule has 2 N–H and O–H groups in total. The van der Waals surface area contributed by atoms with Gasteiger partial charge >= 0.3 is 0 Å². The van der Waals surface area contributed by atoms with Crippen molar-refractivity contribution >= 4 is 23.1 Å². The fraction of sp³-hybridized carbons (Fsp3) is 0.0769. The number of nitro groups is 1. The number of hydrogen-bond donors (Lipinski definition) is 2. The predicted octanol–water partition coefficient (Wildman–Crippen LogP) is 2.04. The zero-order valence-corrected chi connectivity index (χ0v) is 10.4. The van der Waals surface area contributed by atoms with Crippen molar-refractivity contribution in [1.82, 2.24) is 4.98 Å². The molecular formula is C13H12N4O3. The van der Waals surface area contributed by atoms with Crippen molar-refractivity contribution in [3.8, 4) is 0 Å². The molecule has 1 aromatic heterocycles. The summed E-state index contributed by atoms with van der Waals surface area (Å²) in [5, 5.41) is 16.1. The molecule has 0 saturated heterocycles. The zero-order chi connectivity index (χ0) is 14.4. The number of anilines is 2. The van der Waals surface area contributed by atoms with Gasteiger partial charge in [-0.05, 0) is 18.2 Å². The average molecular weight is 272 g/mol. The lowest BCUT2D eigenvalue weighted by Crippen LogP contribution is -2.22. The Bertz CT molecular complexity index is 616. The van der Waals surface area contributed by atoms with E-state index in [1.54, 1.807) is 42.6 Å². The number of carbonyl (C=O) groups is 1. The minimum Gasteiger partial charge on any atom is -0.371 e. The summed E-state index contributed by atoms with van der Waals surface area (Å²) in [7, 11) is 0. The van der Waals surface area contributed by atoms with Crippen molar-refractivity contribution in [2.24, 2.45) is 0 Å². The van der Waals surface area contributed by atoms with Crippen molar-refractivity contribution in [2.45, 2.75) is 0 Å². The quantitative estimate of drug-likeness (QED) is 0.641. The van der Waals surface area contributed by atoms with Gasteiger partial charge in [-0.1, -0.05) is 18.2 Å². The van der Waals surface area contributed by atoms with E-state index in [1.165, 1.54) is 6.07 Å². The van der Waals surface area contributed by atoms with Gasteiger partial charge in [0.25, 0.3) is 5.69 Å². The van der Waals surface area contributed by atoms with Crippen molar-refractivity contribution in [3.05, 3.63) is 58.8 Å². The molecule has 2 aromatic rings. The maximum atomic E-state index is 11.7. The standard InChI is InChI=1S/C13H12N4O3/c18-13(16-12-7-3-4-8-14-12)9-15-10-5-1-2-6-11(10)17(19)20/h1-8,15H,9H2,(H,14,16,18). The van der Waals surface area contributed by atoms with Gasteiger partial charge in [0.2, 0.25) is 5.91 Å². The minimum absolute atomic E-state index is 0.0712. The predicted molar refractivity (Wildman–Crippen MR) is 74.5 cm³/mol. The van der Waals surface area contributed by atoms with Crippen molar-refractivity contribution in [2.75, 3.05) is 17.2 Å². The van der Waals surface area contributed by atoms with E-state index in [-0.39, 0.29) is 18.1 Å². The molecule has 0 spiro atoms. The smallest absolute Gasteiger partial charge is 0.292 e. The van der Waals surface area contributed by atoms with E-state index in [0.29, 0.717) is 11.5 Å². The lowest BCUT2D eigenvalue weighted by Gasteiger charge is -2.07. The molecule has 0 aliphatic heterocycles. The van der Waals surface area contributed by atoms with Crippen molar-refractivity contribution < 1.29 is 9.72 Å². The molecule has 20 heavy (non-hydrogen) atoms. The van der Waals surface area contributed by atoms with Crippen LogP contribution in [0.15, 0.2) is 48.7 Å². The number of amides is 1. The van der Waals surface area contributed by atoms with Crippen LogP contribution in [0.2, 0.25) is 0 Å². The summed E-state index contributed by atoms with van der Waals surface area (Å²) in [5.74, 6) is 0.101. The molecule has 0 bridgehead atoms. The summed E-state index contributed by atoms with van der Waals surface area (Å²) in [6.07, 6.45) is 1.56.